The van der Waals surface area contributed by atoms with E-state index in [1.807, 2.05) is 0 Å². The van der Waals surface area contributed by atoms with Crippen LogP contribution in [0.3, 0.4) is 0 Å². The predicted octanol–water partition coefficient (Wildman–Crippen LogP) is 4.27. The van der Waals surface area contributed by atoms with Gasteiger partial charge < -0.3 is 10.4 Å². The minimum absolute atomic E-state index is 0.0174. The number of aromatic carboxylic acids is 1. The zero-order valence-corrected chi connectivity index (χ0v) is 14.0. The molecular weight excluding hydrogens is 348 g/mol. The first kappa shape index (κ1) is 17.8. The van der Waals surface area contributed by atoms with Crippen molar-refractivity contribution in [2.45, 2.75) is 0 Å². The number of ketones is 1. The number of anilines is 2. The molecule has 0 heterocycles. The number of carbonyl (C=O) groups is 2. The molecule has 7 nitrogen and oxygen atoms in total. The predicted molar refractivity (Wildman–Crippen MR) is 99.7 cm³/mol. The topological polar surface area (TPSA) is 110 Å². The number of hydrogen-bond donors (Lipinski definition) is 2. The summed E-state index contributed by atoms with van der Waals surface area (Å²) in [6, 6.07) is 18.6. The number of carboxylic acid groups (broad SMARTS) is 1. The molecule has 0 radical (unpaired) electrons. The molecule has 0 unspecified atom stereocenters. The summed E-state index contributed by atoms with van der Waals surface area (Å²) in [4.78, 5) is 34.7. The van der Waals surface area contributed by atoms with Crippen molar-refractivity contribution in [2.75, 3.05) is 5.32 Å². The van der Waals surface area contributed by atoms with Gasteiger partial charge in [0.2, 0.25) is 0 Å². The smallest absolute Gasteiger partial charge is 0.337 e. The average Bonchev–Trinajstić information content (AvgIpc) is 2.68. The minimum Gasteiger partial charge on any atom is -0.478 e. The number of rotatable bonds is 6. The van der Waals surface area contributed by atoms with Gasteiger partial charge in [-0.05, 0) is 24.3 Å². The highest BCUT2D eigenvalue weighted by molar-refractivity contribution is 6.09. The van der Waals surface area contributed by atoms with Crippen LogP contribution in [0, 0.1) is 10.1 Å². The molecule has 0 amide bonds. The van der Waals surface area contributed by atoms with Gasteiger partial charge in [-0.2, -0.15) is 0 Å². The number of carbonyl (C=O) groups excluding carboxylic acids is 1. The molecule has 0 fully saturated rings. The zero-order valence-electron chi connectivity index (χ0n) is 14.0. The molecular formula is C20H14N2O5. The fourth-order valence-corrected chi connectivity index (χ4v) is 2.61. The lowest BCUT2D eigenvalue weighted by Gasteiger charge is -2.11. The fraction of sp³-hybridized carbons (Fsp3) is 0. The first-order valence-electron chi connectivity index (χ1n) is 7.95. The van der Waals surface area contributed by atoms with Crippen molar-refractivity contribution < 1.29 is 19.6 Å². The summed E-state index contributed by atoms with van der Waals surface area (Å²) >= 11 is 0. The molecule has 0 atom stereocenters. The second kappa shape index (κ2) is 7.49. The van der Waals surface area contributed by atoms with Crippen molar-refractivity contribution in [3.63, 3.8) is 0 Å². The summed E-state index contributed by atoms with van der Waals surface area (Å²) in [5.74, 6) is -1.49. The summed E-state index contributed by atoms with van der Waals surface area (Å²) in [5.41, 5.74) is 0.565. The van der Waals surface area contributed by atoms with Crippen LogP contribution >= 0.6 is 0 Å². The number of nitrogens with zero attached hydrogens (tertiary/aromatic N) is 1. The molecule has 2 N–H and O–H groups in total. The third-order valence-corrected chi connectivity index (χ3v) is 3.92. The first-order valence-corrected chi connectivity index (χ1v) is 7.95. The fourth-order valence-electron chi connectivity index (χ4n) is 2.61. The summed E-state index contributed by atoms with van der Waals surface area (Å²) in [6.07, 6.45) is 0. The van der Waals surface area contributed by atoms with Crippen LogP contribution in [-0.4, -0.2) is 21.8 Å². The monoisotopic (exact) mass is 362 g/mol. The summed E-state index contributed by atoms with van der Waals surface area (Å²) < 4.78 is 0. The largest absolute Gasteiger partial charge is 0.478 e. The first-order chi connectivity index (χ1) is 13.0. The maximum atomic E-state index is 12.5. The number of hydrogen-bond acceptors (Lipinski definition) is 5. The Morgan fingerprint density at radius 1 is 0.852 bits per heavy atom. The molecule has 3 aromatic rings. The number of benzene rings is 3. The summed E-state index contributed by atoms with van der Waals surface area (Å²) in [7, 11) is 0. The highest BCUT2D eigenvalue weighted by Gasteiger charge is 2.20. The van der Waals surface area contributed by atoms with Gasteiger partial charge in [-0.15, -0.1) is 0 Å². The quantitative estimate of drug-likeness (QED) is 0.385. The van der Waals surface area contributed by atoms with Crippen molar-refractivity contribution in [3.8, 4) is 0 Å². The SMILES string of the molecule is O=C(c1ccccc1)c1ccc(Nc2ccccc2C(=O)O)c([N+](=O)[O-])c1. The lowest BCUT2D eigenvalue weighted by Crippen LogP contribution is -2.06. The number of para-hydroxylation sites is 1. The van der Waals surface area contributed by atoms with Crippen LogP contribution in [0.2, 0.25) is 0 Å². The van der Waals surface area contributed by atoms with Crippen LogP contribution in [0.15, 0.2) is 72.8 Å². The molecule has 0 aliphatic heterocycles. The van der Waals surface area contributed by atoms with E-state index in [0.717, 1.165) is 0 Å². The Morgan fingerprint density at radius 3 is 2.19 bits per heavy atom. The van der Waals surface area contributed by atoms with E-state index in [2.05, 4.69) is 5.32 Å². The molecule has 0 aliphatic rings. The number of nitrogens with one attached hydrogen (secondary N) is 1. The number of carboxylic acids is 1. The van der Waals surface area contributed by atoms with Gasteiger partial charge in [0.05, 0.1) is 16.2 Å². The molecule has 7 heteroatoms. The van der Waals surface area contributed by atoms with Crippen LogP contribution in [-0.2, 0) is 0 Å². The van der Waals surface area contributed by atoms with Crippen molar-refractivity contribution in [2.24, 2.45) is 0 Å². The van der Waals surface area contributed by atoms with Crippen molar-refractivity contribution in [1.29, 1.82) is 0 Å². The van der Waals surface area contributed by atoms with Crippen LogP contribution in [0.4, 0.5) is 17.1 Å². The van der Waals surface area contributed by atoms with Crippen LogP contribution in [0.5, 0.6) is 0 Å². The van der Waals surface area contributed by atoms with E-state index in [0.29, 0.717) is 5.56 Å². The third kappa shape index (κ3) is 3.82. The Hall–Kier alpha value is -4.00. The van der Waals surface area contributed by atoms with Gasteiger partial charge in [-0.1, -0.05) is 42.5 Å². The van der Waals surface area contributed by atoms with Gasteiger partial charge in [0, 0.05) is 17.2 Å². The standard InChI is InChI=1S/C20H14N2O5/c23-19(13-6-2-1-3-7-13)14-10-11-17(18(12-14)22(26)27)21-16-9-5-4-8-15(16)20(24)25/h1-12,21H,(H,24,25). The maximum Gasteiger partial charge on any atom is 0.337 e. The average molecular weight is 362 g/mol. The van der Waals surface area contributed by atoms with Crippen molar-refractivity contribution >= 4 is 28.8 Å². The lowest BCUT2D eigenvalue weighted by atomic mass is 10.0. The number of nitro benzene ring substituents is 1. The number of nitro groups is 1. The van der Waals surface area contributed by atoms with Crippen LogP contribution < -0.4 is 5.32 Å². The van der Waals surface area contributed by atoms with Crippen LogP contribution in [0.25, 0.3) is 0 Å². The minimum atomic E-state index is -1.16. The van der Waals surface area contributed by atoms with E-state index in [9.17, 15) is 24.8 Å². The van der Waals surface area contributed by atoms with Gasteiger partial charge in [0.1, 0.15) is 5.69 Å². The molecule has 0 aromatic heterocycles. The molecule has 27 heavy (non-hydrogen) atoms. The van der Waals surface area contributed by atoms with Gasteiger partial charge in [-0.25, -0.2) is 4.79 Å². The van der Waals surface area contributed by atoms with Crippen LogP contribution in [0.1, 0.15) is 26.3 Å². The molecule has 134 valence electrons. The van der Waals surface area contributed by atoms with E-state index >= 15 is 0 Å². The highest BCUT2D eigenvalue weighted by Crippen LogP contribution is 2.30. The Morgan fingerprint density at radius 2 is 1.52 bits per heavy atom. The normalized spacial score (nSPS) is 10.2. The van der Waals surface area contributed by atoms with E-state index < -0.39 is 10.9 Å². The highest BCUT2D eigenvalue weighted by atomic mass is 16.6. The molecule has 3 aromatic carbocycles. The molecule has 3 rings (SSSR count). The van der Waals surface area contributed by atoms with Gasteiger partial charge in [0.25, 0.3) is 5.69 Å². The Bertz CT molecular complexity index is 1030. The molecule has 0 spiro atoms. The Kier molecular flexibility index (Phi) is 4.94. The van der Waals surface area contributed by atoms with Crippen molar-refractivity contribution in [3.05, 3.63) is 99.6 Å². The lowest BCUT2D eigenvalue weighted by molar-refractivity contribution is -0.383. The van der Waals surface area contributed by atoms with Gasteiger partial charge in [0.15, 0.2) is 5.78 Å². The van der Waals surface area contributed by atoms with E-state index in [1.165, 1.54) is 30.3 Å². The molecule has 0 aliphatic carbocycles. The van der Waals surface area contributed by atoms with Crippen molar-refractivity contribution in [1.82, 2.24) is 0 Å². The molecule has 0 saturated carbocycles. The van der Waals surface area contributed by atoms with E-state index in [-0.39, 0.29) is 34.0 Å². The molecule has 0 bridgehead atoms. The summed E-state index contributed by atoms with van der Waals surface area (Å²) in [6.45, 7) is 0. The van der Waals surface area contributed by atoms with E-state index in [4.69, 9.17) is 0 Å². The zero-order chi connectivity index (χ0) is 19.4. The molecule has 0 saturated heterocycles. The van der Waals surface area contributed by atoms with E-state index in [1.54, 1.807) is 42.5 Å². The Balaban J connectivity index is 2.00. The maximum absolute atomic E-state index is 12.5. The Labute approximate surface area is 154 Å². The second-order valence-electron chi connectivity index (χ2n) is 5.66. The summed E-state index contributed by atoms with van der Waals surface area (Å²) in [5, 5.41) is 23.5. The van der Waals surface area contributed by atoms with Gasteiger partial charge in [-0.3, -0.25) is 14.9 Å². The second-order valence-corrected chi connectivity index (χ2v) is 5.66. The third-order valence-electron chi connectivity index (χ3n) is 3.92. The van der Waals surface area contributed by atoms with Gasteiger partial charge >= 0.3 is 5.97 Å².